The zero-order valence-corrected chi connectivity index (χ0v) is 18.1. The van der Waals surface area contributed by atoms with Crippen LogP contribution in [0, 0.1) is 13.8 Å². The lowest BCUT2D eigenvalue weighted by atomic mass is 10.1. The number of aromatic nitrogens is 2. The molecule has 158 valence electrons. The molecule has 0 aliphatic heterocycles. The van der Waals surface area contributed by atoms with Gasteiger partial charge in [0.05, 0.1) is 43.5 Å². The first-order valence-corrected chi connectivity index (χ1v) is 9.74. The molecule has 0 bridgehead atoms. The fourth-order valence-electron chi connectivity index (χ4n) is 3.49. The fourth-order valence-corrected chi connectivity index (χ4v) is 3.49. The number of amides is 1. The lowest BCUT2D eigenvalue weighted by Crippen LogP contribution is -2.30. The van der Waals surface area contributed by atoms with Gasteiger partial charge in [-0.3, -0.25) is 9.69 Å². The number of ether oxygens (including phenoxy) is 2. The predicted molar refractivity (Wildman–Crippen MR) is 118 cm³/mol. The number of hydrogen-bond acceptors (Lipinski definition) is 5. The highest BCUT2D eigenvalue weighted by molar-refractivity contribution is 5.93. The van der Waals surface area contributed by atoms with Crippen molar-refractivity contribution in [2.24, 2.45) is 0 Å². The molecule has 3 aromatic rings. The smallest absolute Gasteiger partial charge is 0.238 e. The van der Waals surface area contributed by atoms with Gasteiger partial charge in [0.15, 0.2) is 11.5 Å². The lowest BCUT2D eigenvalue weighted by molar-refractivity contribution is -0.117. The number of nitrogens with one attached hydrogen (secondary N) is 1. The number of likely N-dealkylation sites (N-methyl/N-ethyl adjacent to an activating group) is 1. The topological polar surface area (TPSA) is 68.6 Å². The van der Waals surface area contributed by atoms with E-state index in [1.54, 1.807) is 14.2 Å². The Balaban J connectivity index is 1.69. The molecule has 7 heteroatoms. The Labute approximate surface area is 177 Å². The van der Waals surface area contributed by atoms with E-state index in [9.17, 15) is 4.79 Å². The Morgan fingerprint density at radius 2 is 1.80 bits per heavy atom. The Kier molecular flexibility index (Phi) is 6.74. The second kappa shape index (κ2) is 9.45. The standard InChI is InChI=1S/C23H28N4O3/c1-16-22(17(2)27(25-16)19-11-7-6-8-12-19)24-21(28)15-26(3)14-18-10-9-13-20(29-4)23(18)30-5/h6-13H,14-15H2,1-5H3,(H,24,28). The first kappa shape index (κ1) is 21.4. The van der Waals surface area contributed by atoms with E-state index in [1.807, 2.05) is 79.0 Å². The number of anilines is 1. The summed E-state index contributed by atoms with van der Waals surface area (Å²) in [7, 11) is 5.12. The van der Waals surface area contributed by atoms with Crippen molar-refractivity contribution in [2.45, 2.75) is 20.4 Å². The molecule has 30 heavy (non-hydrogen) atoms. The van der Waals surface area contributed by atoms with Crippen molar-refractivity contribution in [1.82, 2.24) is 14.7 Å². The summed E-state index contributed by atoms with van der Waals surface area (Å²) < 4.78 is 12.7. The second-order valence-electron chi connectivity index (χ2n) is 7.17. The van der Waals surface area contributed by atoms with Crippen molar-refractivity contribution in [3.8, 4) is 17.2 Å². The molecule has 0 saturated carbocycles. The highest BCUT2D eigenvalue weighted by atomic mass is 16.5. The summed E-state index contributed by atoms with van der Waals surface area (Å²) in [6, 6.07) is 15.6. The summed E-state index contributed by atoms with van der Waals surface area (Å²) in [4.78, 5) is 14.6. The molecular weight excluding hydrogens is 380 g/mol. The number of methoxy groups -OCH3 is 2. The molecule has 0 aliphatic rings. The molecule has 7 nitrogen and oxygen atoms in total. The van der Waals surface area contributed by atoms with Gasteiger partial charge in [-0.2, -0.15) is 5.10 Å². The van der Waals surface area contributed by atoms with Gasteiger partial charge in [0.2, 0.25) is 5.91 Å². The number of benzene rings is 2. The highest BCUT2D eigenvalue weighted by Crippen LogP contribution is 2.31. The van der Waals surface area contributed by atoms with Crippen molar-refractivity contribution >= 4 is 11.6 Å². The summed E-state index contributed by atoms with van der Waals surface area (Å²) in [5, 5.41) is 7.60. The van der Waals surface area contributed by atoms with E-state index in [2.05, 4.69) is 10.4 Å². The third kappa shape index (κ3) is 4.63. The Morgan fingerprint density at radius 3 is 2.47 bits per heavy atom. The van der Waals surface area contributed by atoms with E-state index < -0.39 is 0 Å². The van der Waals surface area contributed by atoms with E-state index in [4.69, 9.17) is 9.47 Å². The zero-order valence-electron chi connectivity index (χ0n) is 18.1. The van der Waals surface area contributed by atoms with Crippen LogP contribution in [-0.4, -0.2) is 48.4 Å². The minimum absolute atomic E-state index is 0.0989. The van der Waals surface area contributed by atoms with Gasteiger partial charge in [-0.25, -0.2) is 4.68 Å². The van der Waals surface area contributed by atoms with E-state index in [0.717, 1.165) is 28.3 Å². The van der Waals surface area contributed by atoms with Gasteiger partial charge in [0.1, 0.15) is 0 Å². The summed E-state index contributed by atoms with van der Waals surface area (Å²) >= 11 is 0. The van der Waals surface area contributed by atoms with Crippen molar-refractivity contribution in [1.29, 1.82) is 0 Å². The molecule has 2 aromatic carbocycles. The second-order valence-corrected chi connectivity index (χ2v) is 7.17. The summed E-state index contributed by atoms with van der Waals surface area (Å²) in [6.45, 7) is 4.63. The van der Waals surface area contributed by atoms with Crippen molar-refractivity contribution < 1.29 is 14.3 Å². The molecule has 0 aliphatic carbocycles. The van der Waals surface area contributed by atoms with Crippen LogP contribution in [0.4, 0.5) is 5.69 Å². The summed E-state index contributed by atoms with van der Waals surface area (Å²) in [5.41, 5.74) is 4.33. The molecule has 0 saturated heterocycles. The van der Waals surface area contributed by atoms with Gasteiger partial charge in [-0.15, -0.1) is 0 Å². The molecule has 1 aromatic heterocycles. The molecule has 0 unspecified atom stereocenters. The number of hydrogen-bond donors (Lipinski definition) is 1. The minimum Gasteiger partial charge on any atom is -0.493 e. The van der Waals surface area contributed by atoms with E-state index in [1.165, 1.54) is 0 Å². The normalized spacial score (nSPS) is 10.9. The molecular formula is C23H28N4O3. The lowest BCUT2D eigenvalue weighted by Gasteiger charge is -2.19. The maximum Gasteiger partial charge on any atom is 0.238 e. The van der Waals surface area contributed by atoms with Gasteiger partial charge in [-0.1, -0.05) is 30.3 Å². The van der Waals surface area contributed by atoms with Crippen LogP contribution >= 0.6 is 0 Å². The number of carbonyl (C=O) groups excluding carboxylic acids is 1. The van der Waals surface area contributed by atoms with Crippen LogP contribution in [0.5, 0.6) is 11.5 Å². The SMILES string of the molecule is COc1cccc(CN(C)CC(=O)Nc2c(C)nn(-c3ccccc3)c2C)c1OC. The van der Waals surface area contributed by atoms with Crippen molar-refractivity contribution in [2.75, 3.05) is 33.1 Å². The molecule has 3 rings (SSSR count). The molecule has 0 atom stereocenters. The zero-order chi connectivity index (χ0) is 21.7. The van der Waals surface area contributed by atoms with Crippen LogP contribution in [0.3, 0.4) is 0 Å². The number of rotatable bonds is 8. The van der Waals surface area contributed by atoms with Gasteiger partial charge >= 0.3 is 0 Å². The first-order chi connectivity index (χ1) is 14.4. The molecule has 1 N–H and O–H groups in total. The monoisotopic (exact) mass is 408 g/mol. The van der Waals surface area contributed by atoms with Gasteiger partial charge in [0.25, 0.3) is 0 Å². The molecule has 0 fully saturated rings. The van der Waals surface area contributed by atoms with Crippen LogP contribution in [0.15, 0.2) is 48.5 Å². The number of nitrogens with zero attached hydrogens (tertiary/aromatic N) is 3. The maximum atomic E-state index is 12.7. The average molecular weight is 409 g/mol. The quantitative estimate of drug-likeness (QED) is 0.617. The number of carbonyl (C=O) groups is 1. The highest BCUT2D eigenvalue weighted by Gasteiger charge is 2.17. The van der Waals surface area contributed by atoms with Crippen molar-refractivity contribution in [3.05, 3.63) is 65.5 Å². The largest absolute Gasteiger partial charge is 0.493 e. The minimum atomic E-state index is -0.0989. The number of para-hydroxylation sites is 2. The van der Waals surface area contributed by atoms with Crippen LogP contribution in [0.25, 0.3) is 5.69 Å². The van der Waals surface area contributed by atoms with Gasteiger partial charge < -0.3 is 14.8 Å². The summed E-state index contributed by atoms with van der Waals surface area (Å²) in [6.07, 6.45) is 0. The third-order valence-electron chi connectivity index (χ3n) is 4.89. The first-order valence-electron chi connectivity index (χ1n) is 9.74. The van der Waals surface area contributed by atoms with Gasteiger partial charge in [0, 0.05) is 12.1 Å². The molecule has 1 heterocycles. The van der Waals surface area contributed by atoms with Crippen molar-refractivity contribution in [3.63, 3.8) is 0 Å². The van der Waals surface area contributed by atoms with Crippen LogP contribution in [0.1, 0.15) is 17.0 Å². The van der Waals surface area contributed by atoms with Crippen LogP contribution < -0.4 is 14.8 Å². The molecule has 1 amide bonds. The fraction of sp³-hybridized carbons (Fsp3) is 0.304. The van der Waals surface area contributed by atoms with E-state index in [0.29, 0.717) is 18.0 Å². The van der Waals surface area contributed by atoms with E-state index >= 15 is 0 Å². The predicted octanol–water partition coefficient (Wildman–Crippen LogP) is 3.58. The van der Waals surface area contributed by atoms with Crippen LogP contribution in [0.2, 0.25) is 0 Å². The summed E-state index contributed by atoms with van der Waals surface area (Å²) in [5.74, 6) is 1.26. The van der Waals surface area contributed by atoms with E-state index in [-0.39, 0.29) is 12.5 Å². The van der Waals surface area contributed by atoms with Crippen LogP contribution in [-0.2, 0) is 11.3 Å². The maximum absolute atomic E-state index is 12.7. The Bertz CT molecular complexity index is 1010. The van der Waals surface area contributed by atoms with Gasteiger partial charge in [-0.05, 0) is 39.1 Å². The number of aryl methyl sites for hydroxylation is 1. The average Bonchev–Trinajstić information content (AvgIpc) is 3.02. The molecule has 0 spiro atoms. The molecule has 0 radical (unpaired) electrons. The third-order valence-corrected chi connectivity index (χ3v) is 4.89. The Hall–Kier alpha value is -3.32. The Morgan fingerprint density at radius 1 is 1.07 bits per heavy atom.